The smallest absolute Gasteiger partial charge is 0.262 e. The molecule has 0 aliphatic carbocycles. The Morgan fingerprint density at radius 2 is 2.29 bits per heavy atom. The molecule has 1 N–H and O–H groups in total. The van der Waals surface area contributed by atoms with Crippen molar-refractivity contribution in [2.75, 3.05) is 11.9 Å². The van der Waals surface area contributed by atoms with Crippen LogP contribution in [0.5, 0.6) is 5.75 Å². The maximum absolute atomic E-state index is 12.6. The first-order chi connectivity index (χ1) is 10.1. The number of fused-ring (bicyclic) bond motifs is 1. The molecule has 0 saturated heterocycles. The van der Waals surface area contributed by atoms with Gasteiger partial charge in [0.1, 0.15) is 5.75 Å². The lowest BCUT2D eigenvalue weighted by Crippen LogP contribution is -2.25. The molecule has 6 heteroatoms. The Kier molecular flexibility index (Phi) is 3.69. The molecule has 108 valence electrons. The van der Waals surface area contributed by atoms with Crippen LogP contribution in [0.15, 0.2) is 23.6 Å². The number of nitrogens with one attached hydrogen (secondary N) is 1. The average molecular weight is 322 g/mol. The number of rotatable bonds is 3. The fourth-order valence-corrected chi connectivity index (χ4v) is 3.41. The van der Waals surface area contributed by atoms with Crippen LogP contribution in [0.2, 0.25) is 5.02 Å². The fourth-order valence-electron chi connectivity index (χ4n) is 2.21. The highest BCUT2D eigenvalue weighted by molar-refractivity contribution is 7.12. The normalized spacial score (nSPS) is 13.3. The SMILES string of the molecule is CCc1ccsc1C(=O)c1cc2c(cc1Cl)NC(=O)CO2. The zero-order valence-electron chi connectivity index (χ0n) is 11.2. The molecule has 0 saturated carbocycles. The lowest BCUT2D eigenvalue weighted by Gasteiger charge is -2.19. The number of carbonyl (C=O) groups is 2. The van der Waals surface area contributed by atoms with Gasteiger partial charge in [-0.05, 0) is 35.6 Å². The molecular weight excluding hydrogens is 310 g/mol. The molecule has 4 nitrogen and oxygen atoms in total. The van der Waals surface area contributed by atoms with Gasteiger partial charge < -0.3 is 10.1 Å². The van der Waals surface area contributed by atoms with Gasteiger partial charge >= 0.3 is 0 Å². The molecule has 0 fully saturated rings. The second-order valence-corrected chi connectivity index (χ2v) is 5.95. The number of halogens is 1. The number of ether oxygens (including phenoxy) is 1. The van der Waals surface area contributed by atoms with Crippen molar-refractivity contribution in [3.63, 3.8) is 0 Å². The van der Waals surface area contributed by atoms with Crippen LogP contribution in [-0.2, 0) is 11.2 Å². The molecule has 21 heavy (non-hydrogen) atoms. The maximum atomic E-state index is 12.6. The predicted molar refractivity (Wildman–Crippen MR) is 82.7 cm³/mol. The first-order valence-corrected chi connectivity index (χ1v) is 7.73. The van der Waals surface area contributed by atoms with Gasteiger partial charge in [0, 0.05) is 5.56 Å². The monoisotopic (exact) mass is 321 g/mol. The first-order valence-electron chi connectivity index (χ1n) is 6.47. The third-order valence-electron chi connectivity index (χ3n) is 3.28. The number of hydrogen-bond acceptors (Lipinski definition) is 4. The summed E-state index contributed by atoms with van der Waals surface area (Å²) in [6, 6.07) is 5.10. The molecule has 0 bridgehead atoms. The summed E-state index contributed by atoms with van der Waals surface area (Å²) in [7, 11) is 0. The molecule has 2 heterocycles. The topological polar surface area (TPSA) is 55.4 Å². The van der Waals surface area contributed by atoms with Crippen LogP contribution in [0.3, 0.4) is 0 Å². The molecule has 0 unspecified atom stereocenters. The largest absolute Gasteiger partial charge is 0.482 e. The van der Waals surface area contributed by atoms with Gasteiger partial charge in [-0.1, -0.05) is 18.5 Å². The predicted octanol–water partition coefficient (Wildman–Crippen LogP) is 3.53. The molecule has 1 aliphatic rings. The molecular formula is C15H12ClNO3S. The summed E-state index contributed by atoms with van der Waals surface area (Å²) in [6.07, 6.45) is 0.791. The average Bonchev–Trinajstić information content (AvgIpc) is 2.94. The highest BCUT2D eigenvalue weighted by Gasteiger charge is 2.23. The fraction of sp³-hybridized carbons (Fsp3) is 0.200. The Morgan fingerprint density at radius 3 is 3.05 bits per heavy atom. The summed E-state index contributed by atoms with van der Waals surface area (Å²) >= 11 is 7.60. The zero-order chi connectivity index (χ0) is 15.0. The number of thiophene rings is 1. The molecule has 1 aromatic carbocycles. The summed E-state index contributed by atoms with van der Waals surface area (Å²) in [4.78, 5) is 24.6. The van der Waals surface area contributed by atoms with Crippen molar-refractivity contribution in [2.24, 2.45) is 0 Å². The van der Waals surface area contributed by atoms with Gasteiger partial charge in [-0.15, -0.1) is 11.3 Å². The minimum atomic E-state index is -0.232. The van der Waals surface area contributed by atoms with Crippen LogP contribution in [0.4, 0.5) is 5.69 Å². The lowest BCUT2D eigenvalue weighted by atomic mass is 10.0. The molecule has 0 spiro atoms. The number of carbonyl (C=O) groups excluding carboxylic acids is 2. The van der Waals surface area contributed by atoms with E-state index in [9.17, 15) is 9.59 Å². The summed E-state index contributed by atoms with van der Waals surface area (Å²) in [5.41, 5.74) is 1.89. The van der Waals surface area contributed by atoms with Crippen molar-refractivity contribution in [1.29, 1.82) is 0 Å². The molecule has 2 aromatic rings. The van der Waals surface area contributed by atoms with Gasteiger partial charge in [-0.25, -0.2) is 0 Å². The van der Waals surface area contributed by atoms with Crippen LogP contribution in [0.25, 0.3) is 0 Å². The van der Waals surface area contributed by atoms with Gasteiger partial charge in [0.2, 0.25) is 5.78 Å². The highest BCUT2D eigenvalue weighted by Crippen LogP contribution is 2.35. The van der Waals surface area contributed by atoms with Crippen LogP contribution in [0, 0.1) is 0 Å². The van der Waals surface area contributed by atoms with E-state index < -0.39 is 0 Å². The van der Waals surface area contributed by atoms with Gasteiger partial charge in [-0.3, -0.25) is 9.59 Å². The Balaban J connectivity index is 2.03. The molecule has 0 atom stereocenters. The van der Waals surface area contributed by atoms with E-state index in [0.29, 0.717) is 26.9 Å². The second kappa shape index (κ2) is 5.50. The second-order valence-electron chi connectivity index (χ2n) is 4.62. The summed E-state index contributed by atoms with van der Waals surface area (Å²) in [5, 5.41) is 4.87. The Morgan fingerprint density at radius 1 is 1.48 bits per heavy atom. The van der Waals surface area contributed by atoms with Crippen LogP contribution in [-0.4, -0.2) is 18.3 Å². The minimum absolute atomic E-state index is 0.0541. The lowest BCUT2D eigenvalue weighted by molar-refractivity contribution is -0.118. The number of aryl methyl sites for hydroxylation is 1. The van der Waals surface area contributed by atoms with E-state index in [2.05, 4.69) is 5.32 Å². The van der Waals surface area contributed by atoms with Crippen molar-refractivity contribution < 1.29 is 14.3 Å². The molecule has 0 radical (unpaired) electrons. The van der Waals surface area contributed by atoms with E-state index in [0.717, 1.165) is 12.0 Å². The van der Waals surface area contributed by atoms with E-state index in [1.165, 1.54) is 11.3 Å². The Hall–Kier alpha value is -1.85. The summed E-state index contributed by atoms with van der Waals surface area (Å²) < 4.78 is 5.34. The molecule has 3 rings (SSSR count). The highest BCUT2D eigenvalue weighted by atomic mass is 35.5. The third kappa shape index (κ3) is 2.54. The van der Waals surface area contributed by atoms with Crippen LogP contribution in [0.1, 0.15) is 27.7 Å². The number of anilines is 1. The van der Waals surface area contributed by atoms with Crippen LogP contribution >= 0.6 is 22.9 Å². The third-order valence-corrected chi connectivity index (χ3v) is 4.55. The van der Waals surface area contributed by atoms with Crippen molar-refractivity contribution in [2.45, 2.75) is 13.3 Å². The number of ketones is 1. The molecule has 1 aliphatic heterocycles. The van der Waals surface area contributed by atoms with Crippen LogP contribution < -0.4 is 10.1 Å². The quantitative estimate of drug-likeness (QED) is 0.880. The number of amides is 1. The Labute approximate surface area is 130 Å². The standard InChI is InChI=1S/C15H12ClNO3S/c1-2-8-3-4-21-15(8)14(19)9-5-12-11(6-10(9)16)17-13(18)7-20-12/h3-6H,2,7H2,1H3,(H,17,18). The first kappa shape index (κ1) is 14.1. The van der Waals surface area contributed by atoms with Crippen molar-refractivity contribution in [3.05, 3.63) is 44.6 Å². The van der Waals surface area contributed by atoms with E-state index in [1.807, 2.05) is 18.4 Å². The van der Waals surface area contributed by atoms with Crippen molar-refractivity contribution >= 4 is 40.3 Å². The van der Waals surface area contributed by atoms with E-state index in [4.69, 9.17) is 16.3 Å². The van der Waals surface area contributed by atoms with Gasteiger partial charge in [0.25, 0.3) is 5.91 Å². The number of benzene rings is 1. The minimum Gasteiger partial charge on any atom is -0.482 e. The summed E-state index contributed by atoms with van der Waals surface area (Å²) in [6.45, 7) is 1.95. The molecule has 1 amide bonds. The number of hydrogen-bond donors (Lipinski definition) is 1. The van der Waals surface area contributed by atoms with E-state index in [-0.39, 0.29) is 18.3 Å². The van der Waals surface area contributed by atoms with E-state index >= 15 is 0 Å². The van der Waals surface area contributed by atoms with Gasteiger partial charge in [0.15, 0.2) is 6.61 Å². The molecule has 1 aromatic heterocycles. The van der Waals surface area contributed by atoms with E-state index in [1.54, 1.807) is 12.1 Å². The maximum Gasteiger partial charge on any atom is 0.262 e. The zero-order valence-corrected chi connectivity index (χ0v) is 12.8. The summed E-state index contributed by atoms with van der Waals surface area (Å²) in [5.74, 6) is 0.122. The van der Waals surface area contributed by atoms with Crippen molar-refractivity contribution in [1.82, 2.24) is 0 Å². The Bertz CT molecular complexity index is 739. The van der Waals surface area contributed by atoms with Gasteiger partial charge in [0.05, 0.1) is 15.6 Å². The van der Waals surface area contributed by atoms with Gasteiger partial charge in [-0.2, -0.15) is 0 Å². The van der Waals surface area contributed by atoms with Crippen molar-refractivity contribution in [3.8, 4) is 5.75 Å².